The van der Waals surface area contributed by atoms with Crippen molar-refractivity contribution in [2.24, 2.45) is 5.92 Å². The maximum absolute atomic E-state index is 12.1. The quantitative estimate of drug-likeness (QED) is 0.617. The number of carbonyl (C=O) groups is 1. The highest BCUT2D eigenvalue weighted by Gasteiger charge is 2.24. The highest BCUT2D eigenvalue weighted by molar-refractivity contribution is 6.29. The standard InChI is InChI=1S/C15H20ClNO2/c1-3-11-5-4-6-13(8-11)19-15(18)12-7-10(2)17-14(16)9-12/h7,9,11,13H,3-6,8H2,1-2H3. The molecule has 0 spiro atoms. The van der Waals surface area contributed by atoms with E-state index in [0.29, 0.717) is 16.6 Å². The zero-order chi connectivity index (χ0) is 13.8. The van der Waals surface area contributed by atoms with E-state index in [4.69, 9.17) is 16.3 Å². The van der Waals surface area contributed by atoms with E-state index in [1.807, 2.05) is 6.92 Å². The highest BCUT2D eigenvalue weighted by atomic mass is 35.5. The summed E-state index contributed by atoms with van der Waals surface area (Å²) < 4.78 is 5.59. The number of halogens is 1. The summed E-state index contributed by atoms with van der Waals surface area (Å²) in [6.07, 6.45) is 5.57. The first kappa shape index (κ1) is 14.3. The first-order chi connectivity index (χ1) is 9.08. The van der Waals surface area contributed by atoms with Crippen LogP contribution in [-0.2, 0) is 4.74 Å². The molecule has 1 heterocycles. The van der Waals surface area contributed by atoms with Gasteiger partial charge >= 0.3 is 5.97 Å². The number of aromatic nitrogens is 1. The molecule has 1 saturated carbocycles. The molecule has 0 saturated heterocycles. The Kier molecular flexibility index (Phi) is 4.81. The van der Waals surface area contributed by atoms with Gasteiger partial charge in [-0.1, -0.05) is 31.4 Å². The van der Waals surface area contributed by atoms with Gasteiger partial charge in [0.15, 0.2) is 0 Å². The van der Waals surface area contributed by atoms with Gasteiger partial charge in [-0.05, 0) is 44.2 Å². The van der Waals surface area contributed by atoms with Crippen LogP contribution in [-0.4, -0.2) is 17.1 Å². The summed E-state index contributed by atoms with van der Waals surface area (Å²) in [6.45, 7) is 4.01. The number of pyridine rings is 1. The molecule has 19 heavy (non-hydrogen) atoms. The molecule has 0 amide bonds. The average molecular weight is 282 g/mol. The van der Waals surface area contributed by atoms with Gasteiger partial charge in [-0.25, -0.2) is 9.78 Å². The van der Waals surface area contributed by atoms with Gasteiger partial charge in [-0.3, -0.25) is 0 Å². The molecule has 1 aromatic rings. The third-order valence-corrected chi connectivity index (χ3v) is 3.94. The Morgan fingerprint density at radius 3 is 2.95 bits per heavy atom. The number of nitrogens with zero attached hydrogens (tertiary/aromatic N) is 1. The van der Waals surface area contributed by atoms with Gasteiger partial charge in [-0.15, -0.1) is 0 Å². The monoisotopic (exact) mass is 281 g/mol. The first-order valence-electron chi connectivity index (χ1n) is 6.93. The predicted octanol–water partition coefficient (Wildman–Crippen LogP) is 4.17. The van der Waals surface area contributed by atoms with Crippen molar-refractivity contribution >= 4 is 17.6 Å². The van der Waals surface area contributed by atoms with E-state index < -0.39 is 0 Å². The summed E-state index contributed by atoms with van der Waals surface area (Å²) in [5.74, 6) is 0.406. The van der Waals surface area contributed by atoms with Gasteiger partial charge in [0, 0.05) is 5.69 Å². The van der Waals surface area contributed by atoms with Crippen LogP contribution in [0.15, 0.2) is 12.1 Å². The van der Waals surface area contributed by atoms with Crippen LogP contribution in [0.5, 0.6) is 0 Å². The van der Waals surface area contributed by atoms with Crippen LogP contribution < -0.4 is 0 Å². The van der Waals surface area contributed by atoms with E-state index in [1.165, 1.54) is 6.42 Å². The largest absolute Gasteiger partial charge is 0.459 e. The van der Waals surface area contributed by atoms with Crippen molar-refractivity contribution in [2.75, 3.05) is 0 Å². The van der Waals surface area contributed by atoms with E-state index in [0.717, 1.165) is 31.4 Å². The number of ether oxygens (including phenoxy) is 1. The smallest absolute Gasteiger partial charge is 0.338 e. The van der Waals surface area contributed by atoms with E-state index in [9.17, 15) is 4.79 Å². The Morgan fingerprint density at radius 2 is 2.26 bits per heavy atom. The molecule has 2 rings (SSSR count). The van der Waals surface area contributed by atoms with Crippen molar-refractivity contribution in [3.8, 4) is 0 Å². The molecule has 0 N–H and O–H groups in total. The lowest BCUT2D eigenvalue weighted by atomic mass is 9.85. The molecule has 0 bridgehead atoms. The van der Waals surface area contributed by atoms with Crippen LogP contribution in [0.3, 0.4) is 0 Å². The minimum absolute atomic E-state index is 0.0541. The Hall–Kier alpha value is -1.09. The number of hydrogen-bond donors (Lipinski definition) is 0. The first-order valence-corrected chi connectivity index (χ1v) is 7.31. The Bertz CT molecular complexity index is 441. The third kappa shape index (κ3) is 3.93. The second-order valence-electron chi connectivity index (χ2n) is 5.29. The minimum atomic E-state index is -0.283. The SMILES string of the molecule is CCC1CCCC(OC(=O)c2cc(C)nc(Cl)c2)C1. The van der Waals surface area contributed by atoms with Crippen molar-refractivity contribution in [2.45, 2.75) is 52.1 Å². The molecule has 1 aliphatic carbocycles. The molecule has 104 valence electrons. The summed E-state index contributed by atoms with van der Waals surface area (Å²) in [5.41, 5.74) is 1.23. The average Bonchev–Trinajstić information content (AvgIpc) is 2.37. The summed E-state index contributed by atoms with van der Waals surface area (Å²) in [5, 5.41) is 0.335. The van der Waals surface area contributed by atoms with E-state index in [-0.39, 0.29) is 12.1 Å². The second-order valence-corrected chi connectivity index (χ2v) is 5.68. The maximum Gasteiger partial charge on any atom is 0.338 e. The van der Waals surface area contributed by atoms with Crippen molar-refractivity contribution in [3.05, 3.63) is 28.5 Å². The van der Waals surface area contributed by atoms with E-state index in [1.54, 1.807) is 12.1 Å². The lowest BCUT2D eigenvalue weighted by Crippen LogP contribution is -2.25. The van der Waals surface area contributed by atoms with Gasteiger partial charge in [0.25, 0.3) is 0 Å². The van der Waals surface area contributed by atoms with Crippen molar-refractivity contribution in [1.29, 1.82) is 0 Å². The molecule has 2 unspecified atom stereocenters. The fraction of sp³-hybridized carbons (Fsp3) is 0.600. The van der Waals surface area contributed by atoms with Crippen molar-refractivity contribution in [1.82, 2.24) is 4.98 Å². The Labute approximate surface area is 119 Å². The molecule has 1 aliphatic rings. The van der Waals surface area contributed by atoms with Crippen LogP contribution in [0.2, 0.25) is 5.15 Å². The summed E-state index contributed by atoms with van der Waals surface area (Å²) >= 11 is 5.86. The van der Waals surface area contributed by atoms with Crippen LogP contribution in [0, 0.1) is 12.8 Å². The zero-order valence-corrected chi connectivity index (χ0v) is 12.2. The van der Waals surface area contributed by atoms with Crippen LogP contribution in [0.25, 0.3) is 0 Å². The number of esters is 1. The normalized spacial score (nSPS) is 23.1. The molecule has 0 radical (unpaired) electrons. The van der Waals surface area contributed by atoms with E-state index >= 15 is 0 Å². The van der Waals surface area contributed by atoms with Gasteiger partial charge in [-0.2, -0.15) is 0 Å². The third-order valence-electron chi connectivity index (χ3n) is 3.74. The molecule has 0 aliphatic heterocycles. The topological polar surface area (TPSA) is 39.2 Å². The molecule has 0 aromatic carbocycles. The molecule has 3 nitrogen and oxygen atoms in total. The molecular weight excluding hydrogens is 262 g/mol. The van der Waals surface area contributed by atoms with Crippen LogP contribution in [0.4, 0.5) is 0 Å². The molecule has 2 atom stereocenters. The fourth-order valence-electron chi connectivity index (χ4n) is 2.68. The number of rotatable bonds is 3. The fourth-order valence-corrected chi connectivity index (χ4v) is 2.94. The van der Waals surface area contributed by atoms with Crippen LogP contribution in [0.1, 0.15) is 55.1 Å². The van der Waals surface area contributed by atoms with Gasteiger partial charge in [0.05, 0.1) is 5.56 Å². The summed E-state index contributed by atoms with van der Waals surface area (Å²) in [7, 11) is 0. The highest BCUT2D eigenvalue weighted by Crippen LogP contribution is 2.29. The molecular formula is C15H20ClNO2. The van der Waals surface area contributed by atoms with Gasteiger partial charge < -0.3 is 4.74 Å². The number of aryl methyl sites for hydroxylation is 1. The van der Waals surface area contributed by atoms with E-state index in [2.05, 4.69) is 11.9 Å². The predicted molar refractivity (Wildman–Crippen MR) is 75.4 cm³/mol. The van der Waals surface area contributed by atoms with Crippen LogP contribution >= 0.6 is 11.6 Å². The Morgan fingerprint density at radius 1 is 1.47 bits per heavy atom. The maximum atomic E-state index is 12.1. The lowest BCUT2D eigenvalue weighted by molar-refractivity contribution is 0.0139. The molecule has 1 aromatic heterocycles. The van der Waals surface area contributed by atoms with Crippen molar-refractivity contribution < 1.29 is 9.53 Å². The molecule has 4 heteroatoms. The second kappa shape index (κ2) is 6.38. The molecule has 1 fully saturated rings. The Balaban J connectivity index is 2.00. The summed E-state index contributed by atoms with van der Waals surface area (Å²) in [6, 6.07) is 3.28. The van der Waals surface area contributed by atoms with Crippen molar-refractivity contribution in [3.63, 3.8) is 0 Å². The van der Waals surface area contributed by atoms with Gasteiger partial charge in [0.1, 0.15) is 11.3 Å². The number of hydrogen-bond acceptors (Lipinski definition) is 3. The van der Waals surface area contributed by atoms with Gasteiger partial charge in [0.2, 0.25) is 0 Å². The zero-order valence-electron chi connectivity index (χ0n) is 11.5. The minimum Gasteiger partial charge on any atom is -0.459 e. The number of carbonyl (C=O) groups excluding carboxylic acids is 1. The summed E-state index contributed by atoms with van der Waals surface area (Å²) in [4.78, 5) is 16.2. The lowest BCUT2D eigenvalue weighted by Gasteiger charge is -2.28.